The second kappa shape index (κ2) is 13.3. The number of hydrogen-bond acceptors (Lipinski definition) is 4. The van der Waals surface area contributed by atoms with Crippen molar-refractivity contribution < 1.29 is 27.5 Å². The number of fused-ring (bicyclic) bond motifs is 3. The van der Waals surface area contributed by atoms with Crippen molar-refractivity contribution in [2.45, 2.75) is 51.1 Å². The minimum atomic E-state index is -4.53. The van der Waals surface area contributed by atoms with Crippen molar-refractivity contribution in [3.05, 3.63) is 107 Å². The summed E-state index contributed by atoms with van der Waals surface area (Å²) in [6.07, 6.45) is -0.281. The summed E-state index contributed by atoms with van der Waals surface area (Å²) in [5.74, 6) is -0.914. The first kappa shape index (κ1) is 31.2. The number of halogens is 3. The third-order valence-electron chi connectivity index (χ3n) is 8.57. The lowest BCUT2D eigenvalue weighted by molar-refractivity contribution is -0.138. The lowest BCUT2D eigenvalue weighted by Gasteiger charge is -2.29. The number of amides is 2. The molecule has 1 heterocycles. The van der Waals surface area contributed by atoms with Crippen molar-refractivity contribution in [1.29, 1.82) is 0 Å². The predicted octanol–water partition coefficient (Wildman–Crippen LogP) is 8.46. The number of anilines is 2. The van der Waals surface area contributed by atoms with Gasteiger partial charge in [0.25, 0.3) is 5.91 Å². The smallest absolute Gasteiger partial charge is 0.405 e. The Kier molecular flexibility index (Phi) is 9.01. The summed E-state index contributed by atoms with van der Waals surface area (Å²) in [6, 6.07) is 25.5. The molecule has 1 saturated heterocycles. The van der Waals surface area contributed by atoms with Gasteiger partial charge in [0, 0.05) is 13.1 Å². The van der Waals surface area contributed by atoms with Gasteiger partial charge >= 0.3 is 6.18 Å². The molecule has 1 fully saturated rings. The molecule has 4 aromatic rings. The maximum atomic E-state index is 14.0. The maximum absolute atomic E-state index is 14.0. The van der Waals surface area contributed by atoms with E-state index in [0.29, 0.717) is 34.7 Å². The molecule has 2 aliphatic rings. The molecular weight excluding hydrogens is 591 g/mol. The molecular formula is C37H36F3N3O3. The van der Waals surface area contributed by atoms with E-state index >= 15 is 0 Å². The van der Waals surface area contributed by atoms with Gasteiger partial charge in [0.1, 0.15) is 18.0 Å². The number of ether oxygens (including phenoxy) is 1. The van der Waals surface area contributed by atoms with E-state index in [1.54, 1.807) is 24.3 Å². The molecule has 1 aliphatic carbocycles. The van der Waals surface area contributed by atoms with E-state index in [9.17, 15) is 22.8 Å². The maximum Gasteiger partial charge on any atom is 0.405 e. The fourth-order valence-electron chi connectivity index (χ4n) is 6.56. The first-order valence-corrected chi connectivity index (χ1v) is 15.8. The van der Waals surface area contributed by atoms with Crippen LogP contribution in [0.15, 0.2) is 84.9 Å². The van der Waals surface area contributed by atoms with Crippen LogP contribution in [0, 0.1) is 0 Å². The standard InChI is InChI=1S/C37H36F3N3O3/c1-2-3-15-28-32-29(25-16-7-8-17-26(25)33(32)36(45)41-23-37(38,39)40)22-30(34(28)43-20-11-12-21-43)42-35(44)27-18-9-10-19-31(27)46-24-13-5-4-6-14-24/h4-10,13-14,16-19,22,33H,2-3,11-12,15,20-21,23H2,1H3,(H,41,45)(H,42,44). The van der Waals surface area contributed by atoms with Gasteiger partial charge in [0.05, 0.1) is 22.9 Å². The van der Waals surface area contributed by atoms with Gasteiger partial charge in [-0.2, -0.15) is 13.2 Å². The molecule has 0 bridgehead atoms. The molecule has 2 amide bonds. The predicted molar refractivity (Wildman–Crippen MR) is 174 cm³/mol. The van der Waals surface area contributed by atoms with Crippen LogP contribution in [-0.4, -0.2) is 37.6 Å². The van der Waals surface area contributed by atoms with Crippen LogP contribution < -0.4 is 20.3 Å². The van der Waals surface area contributed by atoms with Gasteiger partial charge in [-0.3, -0.25) is 9.59 Å². The van der Waals surface area contributed by atoms with Crippen LogP contribution in [0.2, 0.25) is 0 Å². The molecule has 0 radical (unpaired) electrons. The van der Waals surface area contributed by atoms with Crippen LogP contribution in [-0.2, 0) is 11.2 Å². The highest BCUT2D eigenvalue weighted by atomic mass is 19.4. The Labute approximate surface area is 266 Å². The van der Waals surface area contributed by atoms with Gasteiger partial charge in [-0.15, -0.1) is 0 Å². The normalized spacial score (nSPS) is 15.3. The van der Waals surface area contributed by atoms with Gasteiger partial charge in [-0.05, 0) is 83.8 Å². The number of carbonyl (C=O) groups excluding carboxylic acids is 2. The molecule has 238 valence electrons. The van der Waals surface area contributed by atoms with Crippen molar-refractivity contribution in [3.8, 4) is 22.6 Å². The lowest BCUT2D eigenvalue weighted by Crippen LogP contribution is -2.37. The van der Waals surface area contributed by atoms with Gasteiger partial charge in [-0.1, -0.05) is 67.9 Å². The first-order chi connectivity index (χ1) is 22.2. The molecule has 1 atom stereocenters. The number of benzene rings is 4. The zero-order valence-electron chi connectivity index (χ0n) is 25.6. The molecule has 46 heavy (non-hydrogen) atoms. The molecule has 4 aromatic carbocycles. The quantitative estimate of drug-likeness (QED) is 0.185. The Morgan fingerprint density at radius 3 is 2.35 bits per heavy atom. The molecule has 0 aromatic heterocycles. The molecule has 1 unspecified atom stereocenters. The third kappa shape index (κ3) is 6.45. The molecule has 9 heteroatoms. The van der Waals surface area contributed by atoms with Gasteiger partial charge in [-0.25, -0.2) is 0 Å². The summed E-state index contributed by atoms with van der Waals surface area (Å²) >= 11 is 0. The number of nitrogens with zero attached hydrogens (tertiary/aromatic N) is 1. The van der Waals surface area contributed by atoms with E-state index < -0.39 is 24.5 Å². The summed E-state index contributed by atoms with van der Waals surface area (Å²) in [5.41, 5.74) is 5.61. The summed E-state index contributed by atoms with van der Waals surface area (Å²) < 4.78 is 45.7. The van der Waals surface area contributed by atoms with E-state index in [1.807, 2.05) is 60.7 Å². The Hall–Kier alpha value is -4.79. The number of nitrogens with one attached hydrogen (secondary N) is 2. The average Bonchev–Trinajstić information content (AvgIpc) is 3.69. The van der Waals surface area contributed by atoms with Gasteiger partial charge in [0.15, 0.2) is 0 Å². The zero-order chi connectivity index (χ0) is 32.3. The summed E-state index contributed by atoms with van der Waals surface area (Å²) in [5, 5.41) is 5.34. The van der Waals surface area contributed by atoms with Crippen LogP contribution >= 0.6 is 0 Å². The van der Waals surface area contributed by atoms with Crippen LogP contribution in [0.1, 0.15) is 65.6 Å². The minimum absolute atomic E-state index is 0.348. The van der Waals surface area contributed by atoms with E-state index in [4.69, 9.17) is 4.74 Å². The largest absolute Gasteiger partial charge is 0.457 e. The van der Waals surface area contributed by atoms with Crippen molar-refractivity contribution in [2.24, 2.45) is 0 Å². The number of carbonyl (C=O) groups is 2. The topological polar surface area (TPSA) is 70.7 Å². The van der Waals surface area contributed by atoms with Crippen molar-refractivity contribution in [2.75, 3.05) is 29.9 Å². The van der Waals surface area contributed by atoms with Crippen molar-refractivity contribution in [3.63, 3.8) is 0 Å². The van der Waals surface area contributed by atoms with Crippen molar-refractivity contribution in [1.82, 2.24) is 5.32 Å². The highest BCUT2D eigenvalue weighted by molar-refractivity contribution is 6.09. The van der Waals surface area contributed by atoms with Gasteiger partial charge in [0.2, 0.25) is 5.91 Å². The monoisotopic (exact) mass is 627 g/mol. The number of para-hydroxylation sites is 2. The van der Waals surface area contributed by atoms with E-state index in [2.05, 4.69) is 22.5 Å². The second-order valence-corrected chi connectivity index (χ2v) is 11.7. The fourth-order valence-corrected chi connectivity index (χ4v) is 6.56. The third-order valence-corrected chi connectivity index (χ3v) is 8.57. The second-order valence-electron chi connectivity index (χ2n) is 11.7. The Balaban J connectivity index is 1.47. The zero-order valence-corrected chi connectivity index (χ0v) is 25.6. The minimum Gasteiger partial charge on any atom is -0.457 e. The summed E-state index contributed by atoms with van der Waals surface area (Å²) in [6.45, 7) is 2.22. The van der Waals surface area contributed by atoms with E-state index in [0.717, 1.165) is 66.7 Å². The molecule has 0 saturated carbocycles. The number of alkyl halides is 3. The number of rotatable bonds is 10. The Bertz CT molecular complexity index is 1730. The average molecular weight is 628 g/mol. The lowest BCUT2D eigenvalue weighted by atomic mass is 9.87. The molecule has 0 spiro atoms. The first-order valence-electron chi connectivity index (χ1n) is 15.8. The fraction of sp³-hybridized carbons (Fsp3) is 0.297. The van der Waals surface area contributed by atoms with Gasteiger partial charge < -0.3 is 20.3 Å². The highest BCUT2D eigenvalue weighted by Gasteiger charge is 2.40. The SMILES string of the molecule is CCCCc1c2c(cc(NC(=O)c3ccccc3Oc3ccccc3)c1N1CCCC1)-c1ccccc1C2C(=O)NCC(F)(F)F. The van der Waals surface area contributed by atoms with Crippen LogP contribution in [0.5, 0.6) is 11.5 Å². The summed E-state index contributed by atoms with van der Waals surface area (Å²) in [7, 11) is 0. The molecule has 6 rings (SSSR count). The molecule has 6 nitrogen and oxygen atoms in total. The van der Waals surface area contributed by atoms with Crippen molar-refractivity contribution >= 4 is 23.2 Å². The number of hydrogen-bond donors (Lipinski definition) is 2. The molecule has 2 N–H and O–H groups in total. The van der Waals surface area contributed by atoms with Crippen LogP contribution in [0.4, 0.5) is 24.5 Å². The van der Waals surface area contributed by atoms with Crippen LogP contribution in [0.25, 0.3) is 11.1 Å². The highest BCUT2D eigenvalue weighted by Crippen LogP contribution is 2.52. The van der Waals surface area contributed by atoms with Crippen LogP contribution in [0.3, 0.4) is 0 Å². The Morgan fingerprint density at radius 2 is 1.61 bits per heavy atom. The summed E-state index contributed by atoms with van der Waals surface area (Å²) in [4.78, 5) is 29.9. The molecule has 1 aliphatic heterocycles. The van der Waals surface area contributed by atoms with E-state index in [-0.39, 0.29) is 5.91 Å². The Morgan fingerprint density at radius 1 is 0.913 bits per heavy atom. The number of unbranched alkanes of at least 4 members (excludes halogenated alkanes) is 1. The van der Waals surface area contributed by atoms with E-state index in [1.165, 1.54) is 0 Å².